The Morgan fingerprint density at radius 2 is 2.00 bits per heavy atom. The van der Waals surface area contributed by atoms with Crippen LogP contribution in [0.25, 0.3) is 0 Å². The molecule has 0 aliphatic rings. The Labute approximate surface area is 156 Å². The lowest BCUT2D eigenvalue weighted by Crippen LogP contribution is -2.18. The summed E-state index contributed by atoms with van der Waals surface area (Å²) >= 11 is 3.34. The summed E-state index contributed by atoms with van der Waals surface area (Å²) in [6.07, 6.45) is 3.72. The van der Waals surface area contributed by atoms with Crippen LogP contribution in [0.1, 0.15) is 35.7 Å². The van der Waals surface area contributed by atoms with E-state index >= 15 is 0 Å². The molecule has 0 aromatic heterocycles. The summed E-state index contributed by atoms with van der Waals surface area (Å²) < 4.78 is 11.6. The van der Waals surface area contributed by atoms with Crippen LogP contribution in [0, 0.1) is 0 Å². The molecule has 0 radical (unpaired) electrons. The summed E-state index contributed by atoms with van der Waals surface area (Å²) in [5.41, 5.74) is 3.78. The van der Waals surface area contributed by atoms with Gasteiger partial charge in [0.15, 0.2) is 0 Å². The van der Waals surface area contributed by atoms with Crippen LogP contribution in [0.5, 0.6) is 11.5 Å². The number of hydrogen-bond acceptors (Lipinski definition) is 4. The second-order valence-electron chi connectivity index (χ2n) is 5.31. The predicted molar refractivity (Wildman–Crippen MR) is 103 cm³/mol. The highest BCUT2D eigenvalue weighted by atomic mass is 79.9. The molecule has 1 N–H and O–H groups in total. The van der Waals surface area contributed by atoms with Gasteiger partial charge in [-0.2, -0.15) is 5.10 Å². The molecule has 25 heavy (non-hydrogen) atoms. The van der Waals surface area contributed by atoms with E-state index in [0.29, 0.717) is 17.9 Å². The minimum absolute atomic E-state index is 0.339. The van der Waals surface area contributed by atoms with Crippen molar-refractivity contribution in [1.29, 1.82) is 0 Å². The minimum atomic E-state index is -0.339. The van der Waals surface area contributed by atoms with E-state index in [1.807, 2.05) is 30.3 Å². The Balaban J connectivity index is 1.94. The molecule has 1 amide bonds. The average molecular weight is 405 g/mol. The first-order chi connectivity index (χ1) is 12.1. The van der Waals surface area contributed by atoms with Crippen LogP contribution in [0.4, 0.5) is 0 Å². The summed E-state index contributed by atoms with van der Waals surface area (Å²) in [7, 11) is 1.52. The number of methoxy groups -OCH3 is 1. The van der Waals surface area contributed by atoms with Crippen LogP contribution in [-0.4, -0.2) is 25.8 Å². The second kappa shape index (κ2) is 9.84. The van der Waals surface area contributed by atoms with Crippen LogP contribution in [0.3, 0.4) is 0 Å². The van der Waals surface area contributed by atoms with Gasteiger partial charge in [0.2, 0.25) is 0 Å². The summed E-state index contributed by atoms with van der Waals surface area (Å²) in [5.74, 6) is 0.979. The monoisotopic (exact) mass is 404 g/mol. The van der Waals surface area contributed by atoms with Crippen molar-refractivity contribution in [3.05, 3.63) is 58.1 Å². The number of nitrogens with one attached hydrogen (secondary N) is 1. The number of nitrogens with zero attached hydrogens (tertiary/aromatic N) is 1. The largest absolute Gasteiger partial charge is 0.496 e. The van der Waals surface area contributed by atoms with Crippen molar-refractivity contribution >= 4 is 28.1 Å². The fourth-order valence-electron chi connectivity index (χ4n) is 2.07. The van der Waals surface area contributed by atoms with Crippen molar-refractivity contribution in [2.24, 2.45) is 5.10 Å². The van der Waals surface area contributed by atoms with Gasteiger partial charge in [-0.1, -0.05) is 29.3 Å². The molecule has 6 heteroatoms. The molecule has 0 fully saturated rings. The van der Waals surface area contributed by atoms with Gasteiger partial charge in [0.25, 0.3) is 5.91 Å². The number of amides is 1. The molecule has 0 aliphatic heterocycles. The molecule has 2 aromatic carbocycles. The van der Waals surface area contributed by atoms with E-state index in [-0.39, 0.29) is 5.91 Å². The zero-order chi connectivity index (χ0) is 18.1. The van der Waals surface area contributed by atoms with Gasteiger partial charge in [-0.25, -0.2) is 5.43 Å². The third-order valence-electron chi connectivity index (χ3n) is 3.43. The van der Waals surface area contributed by atoms with Gasteiger partial charge >= 0.3 is 0 Å². The smallest absolute Gasteiger partial charge is 0.275 e. The normalized spacial score (nSPS) is 10.7. The molecule has 2 rings (SSSR count). The molecule has 5 nitrogen and oxygen atoms in total. The minimum Gasteiger partial charge on any atom is -0.496 e. The Bertz CT molecular complexity index is 730. The fourth-order valence-corrected chi connectivity index (χ4v) is 2.43. The third-order valence-corrected chi connectivity index (χ3v) is 3.93. The number of hydrogen-bond donors (Lipinski definition) is 1. The van der Waals surface area contributed by atoms with Crippen LogP contribution >= 0.6 is 15.9 Å². The molecule has 0 spiro atoms. The molecule has 0 unspecified atom stereocenters. The highest BCUT2D eigenvalue weighted by molar-refractivity contribution is 9.10. The van der Waals surface area contributed by atoms with Gasteiger partial charge in [0.1, 0.15) is 11.5 Å². The van der Waals surface area contributed by atoms with Gasteiger partial charge in [0.05, 0.1) is 25.5 Å². The standard InChI is InChI=1S/C19H21BrN2O3/c1-3-4-11-25-16-8-5-14(6-9-16)13-21-22-19(23)17-12-15(20)7-10-18(17)24-2/h5-10,12-13H,3-4,11H2,1-2H3,(H,22,23). The van der Waals surface area contributed by atoms with Crippen molar-refractivity contribution in [3.8, 4) is 11.5 Å². The van der Waals surface area contributed by atoms with E-state index in [0.717, 1.165) is 28.6 Å². The molecular weight excluding hydrogens is 384 g/mol. The number of hydrazone groups is 1. The molecule has 0 bridgehead atoms. The average Bonchev–Trinajstić information content (AvgIpc) is 2.63. The SMILES string of the molecule is CCCCOc1ccc(C=NNC(=O)c2cc(Br)ccc2OC)cc1. The number of carbonyl (C=O) groups is 1. The van der Waals surface area contributed by atoms with E-state index in [1.165, 1.54) is 7.11 Å². The van der Waals surface area contributed by atoms with Crippen LogP contribution in [0.15, 0.2) is 52.0 Å². The summed E-state index contributed by atoms with van der Waals surface area (Å²) in [6.45, 7) is 2.84. The maximum absolute atomic E-state index is 12.2. The highest BCUT2D eigenvalue weighted by Crippen LogP contribution is 2.22. The van der Waals surface area contributed by atoms with E-state index < -0.39 is 0 Å². The number of ether oxygens (including phenoxy) is 2. The van der Waals surface area contributed by atoms with E-state index in [2.05, 4.69) is 33.4 Å². The van der Waals surface area contributed by atoms with Crippen molar-refractivity contribution in [1.82, 2.24) is 5.43 Å². The number of carbonyl (C=O) groups excluding carboxylic acids is 1. The first kappa shape index (κ1) is 19.0. The lowest BCUT2D eigenvalue weighted by molar-refractivity contribution is 0.0952. The van der Waals surface area contributed by atoms with Crippen molar-refractivity contribution in [3.63, 3.8) is 0 Å². The molecule has 132 valence electrons. The molecule has 0 saturated carbocycles. The Morgan fingerprint density at radius 3 is 2.68 bits per heavy atom. The molecule has 2 aromatic rings. The van der Waals surface area contributed by atoms with Gasteiger partial charge in [0, 0.05) is 4.47 Å². The van der Waals surface area contributed by atoms with Crippen LogP contribution < -0.4 is 14.9 Å². The Morgan fingerprint density at radius 1 is 1.24 bits per heavy atom. The fraction of sp³-hybridized carbons (Fsp3) is 0.263. The third kappa shape index (κ3) is 5.90. The zero-order valence-corrected chi connectivity index (χ0v) is 15.9. The molecule has 0 saturated heterocycles. The lowest BCUT2D eigenvalue weighted by atomic mass is 10.2. The summed E-state index contributed by atoms with van der Waals surface area (Å²) in [4.78, 5) is 12.2. The van der Waals surface area contributed by atoms with Gasteiger partial charge in [-0.05, 0) is 54.4 Å². The first-order valence-electron chi connectivity index (χ1n) is 8.04. The number of benzene rings is 2. The maximum Gasteiger partial charge on any atom is 0.275 e. The summed E-state index contributed by atoms with van der Waals surface area (Å²) in [6, 6.07) is 12.8. The van der Waals surface area contributed by atoms with Crippen LogP contribution in [-0.2, 0) is 0 Å². The van der Waals surface area contributed by atoms with Gasteiger partial charge < -0.3 is 9.47 Å². The molecular formula is C19H21BrN2O3. The molecule has 0 heterocycles. The van der Waals surface area contributed by atoms with E-state index in [1.54, 1.807) is 18.3 Å². The van der Waals surface area contributed by atoms with Crippen molar-refractivity contribution in [2.45, 2.75) is 19.8 Å². The zero-order valence-electron chi connectivity index (χ0n) is 14.3. The number of halogens is 1. The van der Waals surface area contributed by atoms with E-state index in [9.17, 15) is 4.79 Å². The predicted octanol–water partition coefficient (Wildman–Crippen LogP) is 4.40. The quantitative estimate of drug-likeness (QED) is 0.402. The van der Waals surface area contributed by atoms with Gasteiger partial charge in [-0.3, -0.25) is 4.79 Å². The highest BCUT2D eigenvalue weighted by Gasteiger charge is 2.11. The van der Waals surface area contributed by atoms with Crippen molar-refractivity contribution < 1.29 is 14.3 Å². The van der Waals surface area contributed by atoms with E-state index in [4.69, 9.17) is 9.47 Å². The molecule has 0 aliphatic carbocycles. The van der Waals surface area contributed by atoms with Crippen molar-refractivity contribution in [2.75, 3.05) is 13.7 Å². The summed E-state index contributed by atoms with van der Waals surface area (Å²) in [5, 5.41) is 3.99. The van der Waals surface area contributed by atoms with Crippen LogP contribution in [0.2, 0.25) is 0 Å². The number of rotatable bonds is 8. The Kier molecular flexibility index (Phi) is 7.47. The van der Waals surface area contributed by atoms with Gasteiger partial charge in [-0.15, -0.1) is 0 Å². The molecule has 0 atom stereocenters. The number of unbranched alkanes of at least 4 members (excludes halogenated alkanes) is 1. The second-order valence-corrected chi connectivity index (χ2v) is 6.23. The topological polar surface area (TPSA) is 59.9 Å². The lowest BCUT2D eigenvalue weighted by Gasteiger charge is -2.07. The Hall–Kier alpha value is -2.34. The maximum atomic E-state index is 12.2. The first-order valence-corrected chi connectivity index (χ1v) is 8.83.